The number of ether oxygens (including phenoxy) is 1. The zero-order chi connectivity index (χ0) is 23.6. The van der Waals surface area contributed by atoms with E-state index in [2.05, 4.69) is 20.6 Å². The number of hydrogen-bond donors (Lipinski definition) is 2. The van der Waals surface area contributed by atoms with E-state index in [9.17, 15) is 14.7 Å². The van der Waals surface area contributed by atoms with Crippen LogP contribution < -0.4 is 0 Å². The molecule has 2 N–H and O–H groups in total. The molecule has 1 aliphatic heterocycles. The lowest BCUT2D eigenvalue weighted by Crippen LogP contribution is -2.54. The summed E-state index contributed by atoms with van der Waals surface area (Å²) in [6.07, 6.45) is -0.240. The van der Waals surface area contributed by atoms with Gasteiger partial charge in [-0.3, -0.25) is 4.90 Å². The second-order valence-corrected chi connectivity index (χ2v) is 7.86. The Labute approximate surface area is 179 Å². The smallest absolute Gasteiger partial charge is 0.410 e. The molecule has 1 saturated heterocycles. The number of aromatic amines is 1. The number of aryl methyl sites for hydroxylation is 1. The molecular formula is C21H27N5O4. The number of aromatic nitrogens is 4. The number of rotatable bonds is 6. The number of carboxylic acids is 1. The van der Waals surface area contributed by atoms with Crippen LogP contribution in [0.15, 0.2) is 30.3 Å². The number of aliphatic carboxylic acids is 1. The molecule has 9 heteroatoms. The van der Waals surface area contributed by atoms with Crippen LogP contribution >= 0.6 is 0 Å². The van der Waals surface area contributed by atoms with E-state index in [0.717, 1.165) is 23.3 Å². The van der Waals surface area contributed by atoms with Crippen molar-refractivity contribution >= 4 is 12.1 Å². The predicted octanol–water partition coefficient (Wildman–Crippen LogP) is 2.66. The molecule has 1 aliphatic carbocycles. The lowest BCUT2D eigenvalue weighted by atomic mass is 9.68. The average Bonchev–Trinajstić information content (AvgIpc) is 3.33. The molecule has 1 amide bonds. The van der Waals surface area contributed by atoms with Crippen molar-refractivity contribution in [2.75, 3.05) is 6.54 Å². The third kappa shape index (κ3) is 4.77. The minimum Gasteiger partial charge on any atom is -0.480 e. The monoisotopic (exact) mass is 416 g/mol. The minimum absolute atomic E-state index is 0.0227. The first-order valence-electron chi connectivity index (χ1n) is 11.7. The Balaban J connectivity index is 1.50. The van der Waals surface area contributed by atoms with Crippen molar-refractivity contribution in [2.24, 2.45) is 17.8 Å². The fourth-order valence-electron chi connectivity index (χ4n) is 4.32. The third-order valence-corrected chi connectivity index (χ3v) is 5.90. The number of tetrazole rings is 1. The van der Waals surface area contributed by atoms with Crippen molar-refractivity contribution in [3.63, 3.8) is 0 Å². The molecule has 0 spiro atoms. The number of carbonyl (C=O) groups is 2. The number of piperidine rings is 1. The molecule has 4 rings (SSSR count). The van der Waals surface area contributed by atoms with Crippen LogP contribution in [0.3, 0.4) is 0 Å². The number of fused-ring (bicyclic) bond motifs is 1. The van der Waals surface area contributed by atoms with Gasteiger partial charge in [-0.15, -0.1) is 10.2 Å². The molecule has 9 nitrogen and oxygen atoms in total. The van der Waals surface area contributed by atoms with Crippen LogP contribution in [0.1, 0.15) is 47.6 Å². The van der Waals surface area contributed by atoms with Gasteiger partial charge in [0.25, 0.3) is 0 Å². The number of nitrogens with one attached hydrogen (secondary N) is 1. The number of hydrogen-bond acceptors (Lipinski definition) is 6. The van der Waals surface area contributed by atoms with Crippen molar-refractivity contribution < 1.29 is 23.5 Å². The Hall–Kier alpha value is -2.97. The Morgan fingerprint density at radius 3 is 2.87 bits per heavy atom. The second kappa shape index (κ2) is 9.23. The maximum absolute atomic E-state index is 12.9. The average molecular weight is 416 g/mol. The molecule has 2 fully saturated rings. The summed E-state index contributed by atoms with van der Waals surface area (Å²) >= 11 is 0. The molecule has 2 aromatic rings. The normalized spacial score (nSPS) is 31.7. The Morgan fingerprint density at radius 2 is 2.13 bits per heavy atom. The number of nitrogens with zero attached hydrogens (tertiary/aromatic N) is 4. The molecule has 2 heterocycles. The number of carbonyl (C=O) groups excluding carboxylic acids is 1. The van der Waals surface area contributed by atoms with Gasteiger partial charge in [0, 0.05) is 15.7 Å². The SMILES string of the molecule is [2H]C1([2H])[C@H]2C[C@@H](CCc3nn[nH]n3)CC[C@H]2CN(C(=O)OCc2ccccc2)[C@]1([2H])C(=O)O. The van der Waals surface area contributed by atoms with Crippen LogP contribution in [0, 0.1) is 17.8 Å². The Kier molecular flexibility index (Phi) is 5.17. The summed E-state index contributed by atoms with van der Waals surface area (Å²) in [7, 11) is 0. The summed E-state index contributed by atoms with van der Waals surface area (Å²) in [5, 5.41) is 23.7. The van der Waals surface area contributed by atoms with E-state index < -0.39 is 30.4 Å². The summed E-state index contributed by atoms with van der Waals surface area (Å²) in [6.45, 7) is -0.105. The van der Waals surface area contributed by atoms with Gasteiger partial charge in [-0.1, -0.05) is 42.0 Å². The van der Waals surface area contributed by atoms with Gasteiger partial charge >= 0.3 is 12.1 Å². The standard InChI is InChI=1S/C21H27N5O4/c27-20(28)18-11-17-10-14(7-9-19-22-24-25-23-19)6-8-16(17)12-26(18)21(29)30-13-15-4-2-1-3-5-15/h1-5,14,16-18H,6-13H2,(H,27,28)(H,22,23,24,25)/t14-,16+,17-,18+/m1/s1/i11D2,18D. The lowest BCUT2D eigenvalue weighted by molar-refractivity contribution is -0.146. The Bertz CT molecular complexity index is 978. The highest BCUT2D eigenvalue weighted by molar-refractivity contribution is 5.80. The van der Waals surface area contributed by atoms with Gasteiger partial charge in [-0.2, -0.15) is 5.21 Å². The first-order chi connectivity index (χ1) is 15.7. The maximum Gasteiger partial charge on any atom is 0.410 e. The van der Waals surface area contributed by atoms with Gasteiger partial charge in [0.15, 0.2) is 5.82 Å². The first kappa shape index (κ1) is 16.8. The third-order valence-electron chi connectivity index (χ3n) is 5.90. The summed E-state index contributed by atoms with van der Waals surface area (Å²) < 4.78 is 31.4. The van der Waals surface area contributed by atoms with Gasteiger partial charge in [-0.25, -0.2) is 9.59 Å². The van der Waals surface area contributed by atoms with E-state index in [-0.39, 0.29) is 25.0 Å². The largest absolute Gasteiger partial charge is 0.480 e. The molecule has 1 aromatic carbocycles. The summed E-state index contributed by atoms with van der Waals surface area (Å²) in [6, 6.07) is 6.15. The number of carboxylic acid groups (broad SMARTS) is 1. The second-order valence-electron chi connectivity index (χ2n) is 7.86. The van der Waals surface area contributed by atoms with E-state index in [1.165, 1.54) is 0 Å². The fraction of sp³-hybridized carbons (Fsp3) is 0.571. The van der Waals surface area contributed by atoms with Crippen LogP contribution in [-0.2, 0) is 22.6 Å². The number of benzene rings is 1. The molecule has 2 aliphatic rings. The number of H-pyrrole nitrogens is 1. The van der Waals surface area contributed by atoms with Crippen molar-refractivity contribution in [3.8, 4) is 0 Å². The van der Waals surface area contributed by atoms with Crippen LogP contribution in [0.2, 0.25) is 0 Å². The fourth-order valence-corrected chi connectivity index (χ4v) is 4.32. The molecule has 1 saturated carbocycles. The van der Waals surface area contributed by atoms with Crippen molar-refractivity contribution in [1.29, 1.82) is 0 Å². The minimum atomic E-state index is -2.78. The lowest BCUT2D eigenvalue weighted by Gasteiger charge is -2.45. The molecule has 4 atom stereocenters. The number of amides is 1. The van der Waals surface area contributed by atoms with Crippen molar-refractivity contribution in [3.05, 3.63) is 41.7 Å². The zero-order valence-electron chi connectivity index (χ0n) is 19.5. The Morgan fingerprint density at radius 1 is 1.30 bits per heavy atom. The number of likely N-dealkylation sites (tertiary alicyclic amines) is 1. The summed E-state index contributed by atoms with van der Waals surface area (Å²) in [4.78, 5) is 25.9. The van der Waals surface area contributed by atoms with Crippen LogP contribution in [0.5, 0.6) is 0 Å². The molecule has 0 radical (unpaired) electrons. The quantitative estimate of drug-likeness (QED) is 0.742. The molecular weight excluding hydrogens is 386 g/mol. The van der Waals surface area contributed by atoms with Crippen molar-refractivity contribution in [2.45, 2.75) is 51.1 Å². The van der Waals surface area contributed by atoms with Gasteiger partial charge in [0.2, 0.25) is 0 Å². The van der Waals surface area contributed by atoms with Crippen LogP contribution in [0.25, 0.3) is 0 Å². The van der Waals surface area contributed by atoms with Crippen LogP contribution in [-0.4, -0.2) is 55.3 Å². The summed E-state index contributed by atoms with van der Waals surface area (Å²) in [5.74, 6) is -1.88. The van der Waals surface area contributed by atoms with Gasteiger partial charge in [-0.05, 0) is 49.0 Å². The highest BCUT2D eigenvalue weighted by atomic mass is 16.6. The van der Waals surface area contributed by atoms with E-state index in [4.69, 9.17) is 8.85 Å². The van der Waals surface area contributed by atoms with Crippen molar-refractivity contribution in [1.82, 2.24) is 25.5 Å². The van der Waals surface area contributed by atoms with Crippen LogP contribution in [0.4, 0.5) is 4.79 Å². The van der Waals surface area contributed by atoms with E-state index in [1.807, 2.05) is 6.07 Å². The predicted molar refractivity (Wildman–Crippen MR) is 106 cm³/mol. The summed E-state index contributed by atoms with van der Waals surface area (Å²) in [5.41, 5.74) is 0.719. The molecule has 160 valence electrons. The van der Waals surface area contributed by atoms with Gasteiger partial charge < -0.3 is 9.84 Å². The first-order valence-corrected chi connectivity index (χ1v) is 10.2. The molecule has 30 heavy (non-hydrogen) atoms. The highest BCUT2D eigenvalue weighted by Crippen LogP contribution is 2.42. The zero-order valence-corrected chi connectivity index (χ0v) is 16.5. The molecule has 0 bridgehead atoms. The topological polar surface area (TPSA) is 121 Å². The maximum atomic E-state index is 12.9. The van der Waals surface area contributed by atoms with E-state index in [1.54, 1.807) is 24.3 Å². The van der Waals surface area contributed by atoms with E-state index >= 15 is 0 Å². The molecule has 1 aromatic heterocycles. The molecule has 0 unspecified atom stereocenters. The highest BCUT2D eigenvalue weighted by Gasteiger charge is 2.44. The van der Waals surface area contributed by atoms with E-state index in [0.29, 0.717) is 25.1 Å². The van der Waals surface area contributed by atoms with Gasteiger partial charge in [0.05, 0.1) is 1.37 Å². The van der Waals surface area contributed by atoms with Gasteiger partial charge in [0.1, 0.15) is 12.6 Å².